The van der Waals surface area contributed by atoms with Gasteiger partial charge in [-0.25, -0.2) is 4.79 Å². The lowest BCUT2D eigenvalue weighted by molar-refractivity contribution is 0.210. The molecule has 3 rings (SSSR count). The van der Waals surface area contributed by atoms with E-state index in [-0.39, 0.29) is 6.03 Å². The quantitative estimate of drug-likeness (QED) is 0.907. The van der Waals surface area contributed by atoms with Crippen LogP contribution in [0.3, 0.4) is 0 Å². The summed E-state index contributed by atoms with van der Waals surface area (Å²) in [5, 5.41) is 3.00. The second-order valence-corrected chi connectivity index (χ2v) is 6.44. The maximum Gasteiger partial charge on any atom is 0.321 e. The van der Waals surface area contributed by atoms with Crippen LogP contribution in [0.2, 0.25) is 0 Å². The Kier molecular flexibility index (Phi) is 5.39. The number of hydrogen-bond donors (Lipinski definition) is 1. The van der Waals surface area contributed by atoms with Crippen molar-refractivity contribution in [1.82, 2.24) is 9.80 Å². The number of carbonyl (C=O) groups is 1. The zero-order valence-electron chi connectivity index (χ0n) is 14.0. The number of likely N-dealkylation sites (tertiary alicyclic amines) is 2. The largest absolute Gasteiger partial charge is 0.494 e. The molecule has 1 aromatic carbocycles. The smallest absolute Gasteiger partial charge is 0.321 e. The molecule has 0 radical (unpaired) electrons. The van der Waals surface area contributed by atoms with Gasteiger partial charge in [0.1, 0.15) is 5.75 Å². The van der Waals surface area contributed by atoms with Crippen LogP contribution in [0.15, 0.2) is 24.3 Å². The van der Waals surface area contributed by atoms with Crippen LogP contribution in [0.1, 0.15) is 32.6 Å². The van der Waals surface area contributed by atoms with Gasteiger partial charge in [-0.1, -0.05) is 13.0 Å². The summed E-state index contributed by atoms with van der Waals surface area (Å²) in [7, 11) is 0. The normalized spacial score (nSPS) is 21.6. The summed E-state index contributed by atoms with van der Waals surface area (Å²) in [6, 6.07) is 8.18. The number of hydrogen-bond acceptors (Lipinski definition) is 3. The highest BCUT2D eigenvalue weighted by atomic mass is 16.5. The van der Waals surface area contributed by atoms with Gasteiger partial charge in [0.05, 0.1) is 6.61 Å². The Labute approximate surface area is 138 Å². The summed E-state index contributed by atoms with van der Waals surface area (Å²) >= 11 is 0. The second kappa shape index (κ2) is 7.68. The van der Waals surface area contributed by atoms with Gasteiger partial charge >= 0.3 is 6.03 Å². The SMILES string of the molecule is CCCOc1cccc(NC(=O)N2CC[C@@H](N3CCCC3)C2)c1. The number of ether oxygens (including phenoxy) is 1. The van der Waals surface area contributed by atoms with E-state index in [1.54, 1.807) is 0 Å². The van der Waals surface area contributed by atoms with Gasteiger partial charge < -0.3 is 15.0 Å². The fourth-order valence-electron chi connectivity index (χ4n) is 3.42. The maximum absolute atomic E-state index is 12.5. The van der Waals surface area contributed by atoms with Crippen molar-refractivity contribution in [2.45, 2.75) is 38.6 Å². The summed E-state index contributed by atoms with van der Waals surface area (Å²) < 4.78 is 5.62. The molecule has 23 heavy (non-hydrogen) atoms. The molecule has 126 valence electrons. The summed E-state index contributed by atoms with van der Waals surface area (Å²) in [6.07, 6.45) is 4.66. The molecule has 2 aliphatic rings. The third-order valence-electron chi connectivity index (χ3n) is 4.67. The fraction of sp³-hybridized carbons (Fsp3) is 0.611. The Morgan fingerprint density at radius 2 is 2.13 bits per heavy atom. The van der Waals surface area contributed by atoms with E-state index in [1.165, 1.54) is 25.9 Å². The van der Waals surface area contributed by atoms with Crippen molar-refractivity contribution in [3.05, 3.63) is 24.3 Å². The fourth-order valence-corrected chi connectivity index (χ4v) is 3.42. The minimum absolute atomic E-state index is 0.000613. The predicted octanol–water partition coefficient (Wildman–Crippen LogP) is 3.18. The first kappa shape index (κ1) is 16.1. The molecule has 0 aromatic heterocycles. The molecule has 0 bridgehead atoms. The average molecular weight is 317 g/mol. The summed E-state index contributed by atoms with van der Waals surface area (Å²) in [4.78, 5) is 16.9. The van der Waals surface area contributed by atoms with Crippen molar-refractivity contribution < 1.29 is 9.53 Å². The van der Waals surface area contributed by atoms with Crippen molar-refractivity contribution in [2.24, 2.45) is 0 Å². The summed E-state index contributed by atoms with van der Waals surface area (Å²) in [5.41, 5.74) is 0.799. The van der Waals surface area contributed by atoms with Crippen LogP contribution in [0, 0.1) is 0 Å². The van der Waals surface area contributed by atoms with Crippen LogP contribution in [-0.2, 0) is 0 Å². The van der Waals surface area contributed by atoms with E-state index in [0.29, 0.717) is 12.6 Å². The minimum Gasteiger partial charge on any atom is -0.494 e. The van der Waals surface area contributed by atoms with E-state index in [1.807, 2.05) is 29.2 Å². The lowest BCUT2D eigenvalue weighted by Gasteiger charge is -2.23. The van der Waals surface area contributed by atoms with Gasteiger partial charge in [-0.3, -0.25) is 4.90 Å². The van der Waals surface area contributed by atoms with Gasteiger partial charge in [0, 0.05) is 30.9 Å². The Morgan fingerprint density at radius 1 is 1.30 bits per heavy atom. The second-order valence-electron chi connectivity index (χ2n) is 6.44. The third-order valence-corrected chi connectivity index (χ3v) is 4.67. The highest BCUT2D eigenvalue weighted by Crippen LogP contribution is 2.22. The molecule has 2 heterocycles. The number of anilines is 1. The number of urea groups is 1. The number of benzene rings is 1. The Hall–Kier alpha value is -1.75. The highest BCUT2D eigenvalue weighted by Gasteiger charge is 2.31. The van der Waals surface area contributed by atoms with Crippen LogP contribution in [0.4, 0.5) is 10.5 Å². The van der Waals surface area contributed by atoms with E-state index in [2.05, 4.69) is 17.1 Å². The Morgan fingerprint density at radius 3 is 2.91 bits per heavy atom. The molecule has 0 spiro atoms. The first-order valence-corrected chi connectivity index (χ1v) is 8.79. The van der Waals surface area contributed by atoms with Crippen LogP contribution < -0.4 is 10.1 Å². The summed E-state index contributed by atoms with van der Waals surface area (Å²) in [5.74, 6) is 0.806. The van der Waals surface area contributed by atoms with Crippen molar-refractivity contribution in [3.63, 3.8) is 0 Å². The molecule has 1 atom stereocenters. The van der Waals surface area contributed by atoms with Crippen molar-refractivity contribution in [2.75, 3.05) is 38.1 Å². The van der Waals surface area contributed by atoms with E-state index < -0.39 is 0 Å². The molecule has 0 aliphatic carbocycles. The number of nitrogens with one attached hydrogen (secondary N) is 1. The van der Waals surface area contributed by atoms with Gasteiger partial charge in [0.2, 0.25) is 0 Å². The Balaban J connectivity index is 1.53. The molecular weight excluding hydrogens is 290 g/mol. The number of rotatable bonds is 5. The zero-order valence-corrected chi connectivity index (χ0v) is 14.0. The molecule has 2 amide bonds. The van der Waals surface area contributed by atoms with Crippen LogP contribution in [0.25, 0.3) is 0 Å². The van der Waals surface area contributed by atoms with Crippen LogP contribution in [-0.4, -0.2) is 54.7 Å². The van der Waals surface area contributed by atoms with E-state index in [4.69, 9.17) is 4.74 Å². The molecule has 2 fully saturated rings. The lowest BCUT2D eigenvalue weighted by Crippen LogP contribution is -2.38. The van der Waals surface area contributed by atoms with Crippen molar-refractivity contribution in [3.8, 4) is 5.75 Å². The molecule has 0 saturated carbocycles. The predicted molar refractivity (Wildman–Crippen MR) is 92.0 cm³/mol. The molecule has 5 heteroatoms. The Bertz CT molecular complexity index is 529. The number of carbonyl (C=O) groups excluding carboxylic acids is 1. The maximum atomic E-state index is 12.5. The first-order chi connectivity index (χ1) is 11.3. The lowest BCUT2D eigenvalue weighted by atomic mass is 10.2. The van der Waals surface area contributed by atoms with Gasteiger partial charge in [-0.05, 0) is 50.9 Å². The number of amides is 2. The molecule has 1 N–H and O–H groups in total. The molecule has 5 nitrogen and oxygen atoms in total. The van der Waals surface area contributed by atoms with Crippen molar-refractivity contribution >= 4 is 11.7 Å². The molecular formula is C18H27N3O2. The van der Waals surface area contributed by atoms with Crippen molar-refractivity contribution in [1.29, 1.82) is 0 Å². The first-order valence-electron chi connectivity index (χ1n) is 8.79. The third kappa shape index (κ3) is 4.16. The highest BCUT2D eigenvalue weighted by molar-refractivity contribution is 5.89. The summed E-state index contributed by atoms with van der Waals surface area (Å²) in [6.45, 7) is 6.85. The standard InChI is InChI=1S/C18H27N3O2/c1-2-12-23-17-7-5-6-15(13-17)19-18(22)21-11-8-16(14-21)20-9-3-4-10-20/h5-7,13,16H,2-4,8-12,14H2,1H3,(H,19,22)/t16-/m1/s1. The molecule has 2 aliphatic heterocycles. The van der Waals surface area contributed by atoms with Gasteiger partial charge in [-0.15, -0.1) is 0 Å². The average Bonchev–Trinajstić information content (AvgIpc) is 3.24. The van der Waals surface area contributed by atoms with Gasteiger partial charge in [0.15, 0.2) is 0 Å². The van der Waals surface area contributed by atoms with Crippen LogP contribution >= 0.6 is 0 Å². The van der Waals surface area contributed by atoms with E-state index in [9.17, 15) is 4.79 Å². The van der Waals surface area contributed by atoms with Gasteiger partial charge in [0.25, 0.3) is 0 Å². The van der Waals surface area contributed by atoms with E-state index >= 15 is 0 Å². The minimum atomic E-state index is -0.000613. The molecule has 2 saturated heterocycles. The van der Waals surface area contributed by atoms with E-state index in [0.717, 1.165) is 37.4 Å². The monoisotopic (exact) mass is 317 g/mol. The number of nitrogens with zero attached hydrogens (tertiary/aromatic N) is 2. The topological polar surface area (TPSA) is 44.8 Å². The zero-order chi connectivity index (χ0) is 16.1. The molecule has 0 unspecified atom stereocenters. The van der Waals surface area contributed by atoms with Gasteiger partial charge in [-0.2, -0.15) is 0 Å². The molecule has 1 aromatic rings. The van der Waals surface area contributed by atoms with Crippen LogP contribution in [0.5, 0.6) is 5.75 Å².